The van der Waals surface area contributed by atoms with Crippen LogP contribution >= 0.6 is 0 Å². The van der Waals surface area contributed by atoms with Crippen molar-refractivity contribution in [3.63, 3.8) is 0 Å². The van der Waals surface area contributed by atoms with E-state index < -0.39 is 18.0 Å². The third kappa shape index (κ3) is 5.08. The van der Waals surface area contributed by atoms with E-state index in [9.17, 15) is 14.3 Å². The molecule has 0 aliphatic rings. The van der Waals surface area contributed by atoms with Crippen molar-refractivity contribution in [1.29, 1.82) is 0 Å². The second-order valence-electron chi connectivity index (χ2n) is 7.93. The van der Waals surface area contributed by atoms with E-state index in [0.717, 1.165) is 39.1 Å². The normalized spacial score (nSPS) is 12.1. The van der Waals surface area contributed by atoms with E-state index in [1.54, 1.807) is 19.3 Å². The predicted octanol–water partition coefficient (Wildman–Crippen LogP) is 4.23. The van der Waals surface area contributed by atoms with Gasteiger partial charge in [0, 0.05) is 42.5 Å². The summed E-state index contributed by atoms with van der Waals surface area (Å²) in [5.74, 6) is 0.197. The first-order valence-corrected chi connectivity index (χ1v) is 10.2. The molecule has 0 bridgehead atoms. The molecule has 2 heterocycles. The third-order valence-corrected chi connectivity index (χ3v) is 5.24. The van der Waals surface area contributed by atoms with Gasteiger partial charge in [-0.05, 0) is 49.1 Å². The number of hydrogen-bond donors (Lipinski definition) is 4. The van der Waals surface area contributed by atoms with Crippen LogP contribution in [0.2, 0.25) is 0 Å². The highest BCUT2D eigenvalue weighted by molar-refractivity contribution is 5.92. The summed E-state index contributed by atoms with van der Waals surface area (Å²) >= 11 is 0. The average Bonchev–Trinajstić information content (AvgIpc) is 2.73. The number of benzene rings is 1. The van der Waals surface area contributed by atoms with Crippen LogP contribution in [-0.4, -0.2) is 40.8 Å². The zero-order valence-corrected chi connectivity index (χ0v) is 18.4. The number of rotatable bonds is 6. The molecule has 0 spiro atoms. The number of pyridine rings is 2. The van der Waals surface area contributed by atoms with Gasteiger partial charge < -0.3 is 21.1 Å². The van der Waals surface area contributed by atoms with Crippen molar-refractivity contribution in [3.8, 4) is 11.1 Å². The molecule has 3 aromatic rings. The van der Waals surface area contributed by atoms with Crippen LogP contribution in [0.4, 0.5) is 20.7 Å². The van der Waals surface area contributed by atoms with E-state index in [4.69, 9.17) is 0 Å². The molecule has 7 nitrogen and oxygen atoms in total. The van der Waals surface area contributed by atoms with Crippen molar-refractivity contribution in [1.82, 2.24) is 15.3 Å². The molecule has 0 radical (unpaired) electrons. The number of anilines is 2. The Morgan fingerprint density at radius 3 is 2.58 bits per heavy atom. The van der Waals surface area contributed by atoms with E-state index in [1.165, 1.54) is 6.07 Å². The fourth-order valence-electron chi connectivity index (χ4n) is 3.23. The standard InChI is InChI=1S/C23H28FN5O2/c1-12(2)21(30)11-27-23(31)29-20-8-16(13(3)6-18(20)24)17-7-15-10-26-22(25-5)9-19(15)28-14(17)4/h6-10,12,21,30H,11H2,1-5H3,(H,25,26)(H2,27,29,31)/t21-/m0/s1. The number of amides is 2. The van der Waals surface area contributed by atoms with E-state index in [2.05, 4.69) is 25.9 Å². The number of hydrogen-bond acceptors (Lipinski definition) is 5. The molecular weight excluding hydrogens is 397 g/mol. The first kappa shape index (κ1) is 22.4. The topological polar surface area (TPSA) is 99.2 Å². The monoisotopic (exact) mass is 425 g/mol. The van der Waals surface area contributed by atoms with Gasteiger partial charge >= 0.3 is 6.03 Å². The average molecular weight is 426 g/mol. The number of carbonyl (C=O) groups is 1. The van der Waals surface area contributed by atoms with Crippen molar-refractivity contribution in [2.75, 3.05) is 24.2 Å². The summed E-state index contributed by atoms with van der Waals surface area (Å²) in [5, 5.41) is 18.8. The van der Waals surface area contributed by atoms with Gasteiger partial charge in [0.2, 0.25) is 0 Å². The Morgan fingerprint density at radius 1 is 1.16 bits per heavy atom. The second kappa shape index (κ2) is 9.26. The molecule has 3 rings (SSSR count). The fraction of sp³-hybridized carbons (Fsp3) is 0.348. The lowest BCUT2D eigenvalue weighted by molar-refractivity contribution is 0.126. The zero-order valence-electron chi connectivity index (χ0n) is 18.4. The molecule has 4 N–H and O–H groups in total. The molecule has 0 aliphatic heterocycles. The van der Waals surface area contributed by atoms with Gasteiger partial charge in [-0.25, -0.2) is 14.2 Å². The van der Waals surface area contributed by atoms with Crippen LogP contribution in [0.3, 0.4) is 0 Å². The van der Waals surface area contributed by atoms with Crippen LogP contribution in [0, 0.1) is 25.6 Å². The Kier molecular flexibility index (Phi) is 6.70. The van der Waals surface area contributed by atoms with Crippen LogP contribution in [0.5, 0.6) is 0 Å². The summed E-state index contributed by atoms with van der Waals surface area (Å²) in [6, 6.07) is 6.25. The number of fused-ring (bicyclic) bond motifs is 1. The number of carbonyl (C=O) groups excluding carboxylic acids is 1. The molecule has 0 unspecified atom stereocenters. The summed E-state index contributed by atoms with van der Waals surface area (Å²) in [7, 11) is 1.80. The maximum Gasteiger partial charge on any atom is 0.319 e. The number of halogens is 1. The van der Waals surface area contributed by atoms with Crippen LogP contribution < -0.4 is 16.0 Å². The molecule has 1 atom stereocenters. The first-order chi connectivity index (χ1) is 14.7. The van der Waals surface area contributed by atoms with Crippen molar-refractivity contribution < 1.29 is 14.3 Å². The third-order valence-electron chi connectivity index (χ3n) is 5.24. The predicted molar refractivity (Wildman–Crippen MR) is 122 cm³/mol. The number of aryl methyl sites for hydroxylation is 2. The molecule has 2 amide bonds. The first-order valence-electron chi connectivity index (χ1n) is 10.2. The van der Waals surface area contributed by atoms with E-state index in [-0.39, 0.29) is 18.2 Å². The van der Waals surface area contributed by atoms with Gasteiger partial charge in [0.15, 0.2) is 0 Å². The Labute approximate surface area is 181 Å². The molecular formula is C23H28FN5O2. The minimum absolute atomic E-state index is 0.00469. The van der Waals surface area contributed by atoms with Gasteiger partial charge in [0.25, 0.3) is 0 Å². The number of nitrogens with zero attached hydrogens (tertiary/aromatic N) is 2. The highest BCUT2D eigenvalue weighted by Gasteiger charge is 2.16. The summed E-state index contributed by atoms with van der Waals surface area (Å²) in [5.41, 5.74) is 3.97. The molecule has 0 fully saturated rings. The van der Waals surface area contributed by atoms with Crippen LogP contribution in [0.1, 0.15) is 25.1 Å². The van der Waals surface area contributed by atoms with Gasteiger partial charge in [-0.2, -0.15) is 0 Å². The number of nitrogens with one attached hydrogen (secondary N) is 3. The highest BCUT2D eigenvalue weighted by atomic mass is 19.1. The van der Waals surface area contributed by atoms with Crippen molar-refractivity contribution in [3.05, 3.63) is 47.5 Å². The van der Waals surface area contributed by atoms with Crippen molar-refractivity contribution in [2.45, 2.75) is 33.8 Å². The molecule has 0 saturated heterocycles. The quantitative estimate of drug-likeness (QED) is 0.474. The van der Waals surface area contributed by atoms with Crippen LogP contribution in [-0.2, 0) is 0 Å². The summed E-state index contributed by atoms with van der Waals surface area (Å²) in [6.07, 6.45) is 1.07. The second-order valence-corrected chi connectivity index (χ2v) is 7.93. The lowest BCUT2D eigenvalue weighted by Crippen LogP contribution is -2.37. The Morgan fingerprint density at radius 2 is 1.90 bits per heavy atom. The summed E-state index contributed by atoms with van der Waals surface area (Å²) in [6.45, 7) is 7.49. The van der Waals surface area contributed by atoms with Crippen molar-refractivity contribution in [2.24, 2.45) is 5.92 Å². The molecule has 0 saturated carbocycles. The van der Waals surface area contributed by atoms with Crippen LogP contribution in [0.15, 0.2) is 30.5 Å². The van der Waals surface area contributed by atoms with E-state index in [1.807, 2.05) is 39.8 Å². The van der Waals surface area contributed by atoms with Gasteiger partial charge in [-0.1, -0.05) is 13.8 Å². The smallest absolute Gasteiger partial charge is 0.319 e. The molecule has 8 heteroatoms. The fourth-order valence-corrected chi connectivity index (χ4v) is 3.23. The molecule has 1 aromatic carbocycles. The van der Waals surface area contributed by atoms with Gasteiger partial charge in [-0.3, -0.25) is 4.98 Å². The van der Waals surface area contributed by atoms with E-state index >= 15 is 0 Å². The lowest BCUT2D eigenvalue weighted by atomic mass is 9.97. The number of aliphatic hydroxyl groups excluding tert-OH is 1. The summed E-state index contributed by atoms with van der Waals surface area (Å²) < 4.78 is 14.5. The maximum atomic E-state index is 14.5. The van der Waals surface area contributed by atoms with Gasteiger partial charge in [-0.15, -0.1) is 0 Å². The Hall–Kier alpha value is -3.26. The minimum Gasteiger partial charge on any atom is -0.391 e. The Bertz CT molecular complexity index is 1120. The minimum atomic E-state index is -0.674. The molecule has 164 valence electrons. The summed E-state index contributed by atoms with van der Waals surface area (Å²) in [4.78, 5) is 21.2. The molecule has 0 aliphatic carbocycles. The van der Waals surface area contributed by atoms with Gasteiger partial charge in [0.1, 0.15) is 11.6 Å². The largest absolute Gasteiger partial charge is 0.391 e. The van der Waals surface area contributed by atoms with E-state index in [0.29, 0.717) is 0 Å². The van der Waals surface area contributed by atoms with Crippen LogP contribution in [0.25, 0.3) is 22.0 Å². The van der Waals surface area contributed by atoms with Gasteiger partial charge in [0.05, 0.1) is 17.3 Å². The maximum absolute atomic E-state index is 14.5. The highest BCUT2D eigenvalue weighted by Crippen LogP contribution is 2.32. The van der Waals surface area contributed by atoms with Crippen molar-refractivity contribution >= 4 is 28.4 Å². The zero-order chi connectivity index (χ0) is 22.7. The molecule has 31 heavy (non-hydrogen) atoms. The Balaban J connectivity index is 1.92. The number of urea groups is 1. The number of aromatic nitrogens is 2. The number of aliphatic hydroxyl groups is 1. The molecule has 2 aromatic heterocycles. The lowest BCUT2D eigenvalue weighted by Gasteiger charge is -2.17. The SMILES string of the molecule is CNc1cc2nc(C)c(-c3cc(NC(=O)NC[C@H](O)C(C)C)c(F)cc3C)cc2cn1.